The Morgan fingerprint density at radius 3 is 2.56 bits per heavy atom. The lowest BCUT2D eigenvalue weighted by molar-refractivity contribution is -0.00204. The summed E-state index contributed by atoms with van der Waals surface area (Å²) in [6, 6.07) is 0. The molecule has 0 spiro atoms. The van der Waals surface area contributed by atoms with Gasteiger partial charge in [-0.15, -0.1) is 0 Å². The zero-order chi connectivity index (χ0) is 11.3. The molecule has 2 heterocycles. The van der Waals surface area contributed by atoms with E-state index < -0.39 is 0 Å². The minimum Gasteiger partial charge on any atom is -0.381 e. The van der Waals surface area contributed by atoms with E-state index in [0.29, 0.717) is 5.41 Å². The van der Waals surface area contributed by atoms with E-state index in [1.807, 2.05) is 0 Å². The average Bonchev–Trinajstić information content (AvgIpc) is 2.31. The third-order valence-corrected chi connectivity index (χ3v) is 4.71. The molecule has 0 atom stereocenters. The Kier molecular flexibility index (Phi) is 4.95. The summed E-state index contributed by atoms with van der Waals surface area (Å²) in [5.41, 5.74) is 0.467. The Morgan fingerprint density at radius 1 is 1.25 bits per heavy atom. The molecular formula is C12H24N2OS. The van der Waals surface area contributed by atoms with Crippen LogP contribution in [0.15, 0.2) is 0 Å². The van der Waals surface area contributed by atoms with E-state index in [1.54, 1.807) is 0 Å². The first-order chi connectivity index (χ1) is 7.85. The smallest absolute Gasteiger partial charge is 0.0472 e. The van der Waals surface area contributed by atoms with Crippen molar-refractivity contribution < 1.29 is 4.74 Å². The molecule has 0 aromatic carbocycles. The second-order valence-corrected chi connectivity index (χ2v) is 6.26. The SMILES string of the molecule is CNCC1(CN2CCSCC2)CCOCC1. The highest BCUT2D eigenvalue weighted by Crippen LogP contribution is 2.31. The Labute approximate surface area is 103 Å². The highest BCUT2D eigenvalue weighted by atomic mass is 32.2. The van der Waals surface area contributed by atoms with E-state index in [0.717, 1.165) is 19.8 Å². The molecule has 0 aromatic rings. The van der Waals surface area contributed by atoms with Crippen molar-refractivity contribution in [1.82, 2.24) is 10.2 Å². The standard InChI is InChI=1S/C12H24N2OS/c1-13-10-12(2-6-15-7-3-12)11-14-4-8-16-9-5-14/h13H,2-11H2,1H3. The summed E-state index contributed by atoms with van der Waals surface area (Å²) in [5.74, 6) is 2.62. The lowest BCUT2D eigenvalue weighted by Crippen LogP contribution is -2.48. The van der Waals surface area contributed by atoms with Gasteiger partial charge in [-0.25, -0.2) is 0 Å². The molecule has 16 heavy (non-hydrogen) atoms. The molecule has 0 unspecified atom stereocenters. The zero-order valence-corrected chi connectivity index (χ0v) is 11.2. The van der Waals surface area contributed by atoms with Crippen LogP contribution in [-0.4, -0.2) is 62.8 Å². The quantitative estimate of drug-likeness (QED) is 0.799. The van der Waals surface area contributed by atoms with Crippen molar-refractivity contribution in [3.63, 3.8) is 0 Å². The second kappa shape index (κ2) is 6.24. The van der Waals surface area contributed by atoms with Gasteiger partial charge < -0.3 is 15.0 Å². The van der Waals surface area contributed by atoms with Gasteiger partial charge in [0.25, 0.3) is 0 Å². The van der Waals surface area contributed by atoms with E-state index >= 15 is 0 Å². The molecule has 3 nitrogen and oxygen atoms in total. The predicted molar refractivity (Wildman–Crippen MR) is 70.2 cm³/mol. The number of thioether (sulfide) groups is 1. The van der Waals surface area contributed by atoms with Crippen LogP contribution >= 0.6 is 11.8 Å². The molecule has 2 rings (SSSR count). The lowest BCUT2D eigenvalue weighted by Gasteiger charge is -2.42. The van der Waals surface area contributed by atoms with Crippen LogP contribution in [0.2, 0.25) is 0 Å². The van der Waals surface area contributed by atoms with Crippen LogP contribution in [0.3, 0.4) is 0 Å². The monoisotopic (exact) mass is 244 g/mol. The van der Waals surface area contributed by atoms with Crippen LogP contribution in [0.4, 0.5) is 0 Å². The van der Waals surface area contributed by atoms with Crippen LogP contribution < -0.4 is 5.32 Å². The molecule has 2 saturated heterocycles. The topological polar surface area (TPSA) is 24.5 Å². The molecule has 94 valence electrons. The predicted octanol–water partition coefficient (Wildman–Crippen LogP) is 1.05. The van der Waals surface area contributed by atoms with Gasteiger partial charge in [0.2, 0.25) is 0 Å². The van der Waals surface area contributed by atoms with E-state index in [1.165, 1.54) is 44.0 Å². The van der Waals surface area contributed by atoms with Crippen molar-refractivity contribution in [3.05, 3.63) is 0 Å². The fraction of sp³-hybridized carbons (Fsp3) is 1.00. The molecule has 2 fully saturated rings. The van der Waals surface area contributed by atoms with Crippen molar-refractivity contribution in [2.75, 3.05) is 57.9 Å². The molecule has 1 N–H and O–H groups in total. The van der Waals surface area contributed by atoms with Crippen molar-refractivity contribution in [2.24, 2.45) is 5.41 Å². The molecule has 4 heteroatoms. The van der Waals surface area contributed by atoms with Crippen LogP contribution in [-0.2, 0) is 4.74 Å². The van der Waals surface area contributed by atoms with Gasteiger partial charge in [0.15, 0.2) is 0 Å². The Morgan fingerprint density at radius 2 is 1.94 bits per heavy atom. The van der Waals surface area contributed by atoms with E-state index in [-0.39, 0.29) is 0 Å². The van der Waals surface area contributed by atoms with Gasteiger partial charge in [0, 0.05) is 50.9 Å². The summed E-state index contributed by atoms with van der Waals surface area (Å²) < 4.78 is 5.51. The summed E-state index contributed by atoms with van der Waals surface area (Å²) in [4.78, 5) is 2.65. The molecule has 2 aliphatic heterocycles. The average molecular weight is 244 g/mol. The maximum Gasteiger partial charge on any atom is 0.0472 e. The maximum atomic E-state index is 5.51. The number of ether oxygens (including phenoxy) is 1. The summed E-state index contributed by atoms with van der Waals surface area (Å²) in [6.45, 7) is 6.85. The number of hydrogen-bond donors (Lipinski definition) is 1. The van der Waals surface area contributed by atoms with E-state index in [2.05, 4.69) is 29.0 Å². The van der Waals surface area contributed by atoms with E-state index in [9.17, 15) is 0 Å². The summed E-state index contributed by atoms with van der Waals surface area (Å²) in [6.07, 6.45) is 2.44. The second-order valence-electron chi connectivity index (χ2n) is 5.03. The zero-order valence-electron chi connectivity index (χ0n) is 10.3. The Hall–Kier alpha value is 0.230. The van der Waals surface area contributed by atoms with Gasteiger partial charge in [0.05, 0.1) is 0 Å². The van der Waals surface area contributed by atoms with Gasteiger partial charge in [-0.1, -0.05) is 0 Å². The van der Waals surface area contributed by atoms with E-state index in [4.69, 9.17) is 4.74 Å². The fourth-order valence-electron chi connectivity index (χ4n) is 2.80. The van der Waals surface area contributed by atoms with Gasteiger partial charge >= 0.3 is 0 Å². The van der Waals surface area contributed by atoms with Gasteiger partial charge in [-0.3, -0.25) is 0 Å². The first kappa shape index (κ1) is 12.7. The molecule has 0 aliphatic carbocycles. The highest BCUT2D eigenvalue weighted by Gasteiger charge is 2.34. The minimum atomic E-state index is 0.467. The van der Waals surface area contributed by atoms with Crippen molar-refractivity contribution in [1.29, 1.82) is 0 Å². The number of nitrogens with zero attached hydrogens (tertiary/aromatic N) is 1. The van der Waals surface area contributed by atoms with Crippen LogP contribution in [0, 0.1) is 5.41 Å². The van der Waals surface area contributed by atoms with Gasteiger partial charge in [0.1, 0.15) is 0 Å². The first-order valence-corrected chi connectivity index (χ1v) is 7.53. The first-order valence-electron chi connectivity index (χ1n) is 6.37. The Bertz CT molecular complexity index is 196. The number of rotatable bonds is 4. The largest absolute Gasteiger partial charge is 0.381 e. The number of hydrogen-bond acceptors (Lipinski definition) is 4. The third-order valence-electron chi connectivity index (χ3n) is 3.77. The van der Waals surface area contributed by atoms with Crippen LogP contribution in [0.25, 0.3) is 0 Å². The molecule has 0 radical (unpaired) electrons. The molecular weight excluding hydrogens is 220 g/mol. The summed E-state index contributed by atoms with van der Waals surface area (Å²) in [5, 5.41) is 3.38. The third kappa shape index (κ3) is 3.36. The molecule has 0 amide bonds. The maximum absolute atomic E-state index is 5.51. The van der Waals surface area contributed by atoms with Crippen LogP contribution in [0.1, 0.15) is 12.8 Å². The summed E-state index contributed by atoms with van der Waals surface area (Å²) >= 11 is 2.09. The fourth-order valence-corrected chi connectivity index (χ4v) is 3.78. The summed E-state index contributed by atoms with van der Waals surface area (Å²) in [7, 11) is 2.07. The van der Waals surface area contributed by atoms with Gasteiger partial charge in [-0.2, -0.15) is 11.8 Å². The molecule has 0 bridgehead atoms. The number of nitrogens with one attached hydrogen (secondary N) is 1. The lowest BCUT2D eigenvalue weighted by atomic mass is 9.79. The normalized spacial score (nSPS) is 26.8. The molecule has 0 saturated carbocycles. The Balaban J connectivity index is 1.89. The highest BCUT2D eigenvalue weighted by molar-refractivity contribution is 7.99. The van der Waals surface area contributed by atoms with Crippen molar-refractivity contribution in [2.45, 2.75) is 12.8 Å². The van der Waals surface area contributed by atoms with Gasteiger partial charge in [-0.05, 0) is 25.3 Å². The van der Waals surface area contributed by atoms with Crippen molar-refractivity contribution >= 4 is 11.8 Å². The minimum absolute atomic E-state index is 0.467. The van der Waals surface area contributed by atoms with Crippen LogP contribution in [0.5, 0.6) is 0 Å². The van der Waals surface area contributed by atoms with Crippen molar-refractivity contribution in [3.8, 4) is 0 Å². The molecule has 0 aromatic heterocycles. The molecule has 2 aliphatic rings.